The van der Waals surface area contributed by atoms with Gasteiger partial charge in [-0.2, -0.15) is 20.4 Å². The second-order valence-electron chi connectivity index (χ2n) is 3.24. The van der Waals surface area contributed by atoms with E-state index < -0.39 is 0 Å². The average Bonchev–Trinajstić information content (AvgIpc) is 2.85. The molecule has 0 bridgehead atoms. The van der Waals surface area contributed by atoms with Crippen molar-refractivity contribution >= 4 is 0 Å². The van der Waals surface area contributed by atoms with Crippen molar-refractivity contribution in [3.8, 4) is 11.5 Å². The summed E-state index contributed by atoms with van der Waals surface area (Å²) in [4.78, 5) is 4.16. The number of aromatic nitrogens is 5. The monoisotopic (exact) mass is 208 g/mol. The molecule has 0 aliphatic carbocycles. The molecule has 7 nitrogen and oxygen atoms in total. The van der Waals surface area contributed by atoms with E-state index in [-0.39, 0.29) is 6.04 Å². The Kier molecular flexibility index (Phi) is 2.72. The van der Waals surface area contributed by atoms with Gasteiger partial charge in [0.15, 0.2) is 5.69 Å². The molecule has 0 fully saturated rings. The van der Waals surface area contributed by atoms with E-state index in [1.807, 2.05) is 6.92 Å². The van der Waals surface area contributed by atoms with Gasteiger partial charge in [0, 0.05) is 12.5 Å². The molecule has 1 atom stereocenters. The molecule has 7 heteroatoms. The Morgan fingerprint density at radius 1 is 1.60 bits per heavy atom. The fraction of sp³-hybridized carbons (Fsp3) is 0.500. The van der Waals surface area contributed by atoms with Gasteiger partial charge in [-0.3, -0.25) is 0 Å². The molecule has 2 rings (SSSR count). The molecule has 15 heavy (non-hydrogen) atoms. The number of hydrogen-bond donors (Lipinski definition) is 2. The highest BCUT2D eigenvalue weighted by Crippen LogP contribution is 2.11. The molecule has 1 unspecified atom stereocenters. The molecule has 0 radical (unpaired) electrons. The summed E-state index contributed by atoms with van der Waals surface area (Å²) in [6.07, 6.45) is 3.00. The van der Waals surface area contributed by atoms with Crippen molar-refractivity contribution in [2.45, 2.75) is 25.8 Å². The second-order valence-corrected chi connectivity index (χ2v) is 3.24. The largest absolute Gasteiger partial charge is 0.339 e. The highest BCUT2D eigenvalue weighted by Gasteiger charge is 2.12. The number of nitrogens with zero attached hydrogens (tertiary/aromatic N) is 4. The lowest BCUT2D eigenvalue weighted by molar-refractivity contribution is 0.368. The van der Waals surface area contributed by atoms with E-state index in [9.17, 15) is 0 Å². The Bertz CT molecular complexity index is 408. The van der Waals surface area contributed by atoms with Crippen molar-refractivity contribution < 1.29 is 4.52 Å². The summed E-state index contributed by atoms with van der Waals surface area (Å²) < 4.78 is 5.04. The van der Waals surface area contributed by atoms with Crippen LogP contribution in [0.5, 0.6) is 0 Å². The van der Waals surface area contributed by atoms with E-state index in [1.54, 1.807) is 0 Å². The fourth-order valence-electron chi connectivity index (χ4n) is 1.12. The Hall–Kier alpha value is -1.76. The Morgan fingerprint density at radius 3 is 3.13 bits per heavy atom. The van der Waals surface area contributed by atoms with Crippen LogP contribution in [0.15, 0.2) is 10.7 Å². The van der Waals surface area contributed by atoms with Crippen LogP contribution >= 0.6 is 0 Å². The van der Waals surface area contributed by atoms with Crippen LogP contribution in [0.2, 0.25) is 0 Å². The van der Waals surface area contributed by atoms with Gasteiger partial charge in [-0.25, -0.2) is 0 Å². The Morgan fingerprint density at radius 2 is 2.47 bits per heavy atom. The first-order chi connectivity index (χ1) is 7.29. The molecule has 0 aliphatic heterocycles. The highest BCUT2D eigenvalue weighted by atomic mass is 16.5. The van der Waals surface area contributed by atoms with Gasteiger partial charge in [0.05, 0.1) is 6.20 Å². The van der Waals surface area contributed by atoms with Gasteiger partial charge < -0.3 is 10.3 Å². The minimum absolute atomic E-state index is 0.0515. The van der Waals surface area contributed by atoms with Crippen molar-refractivity contribution in [1.82, 2.24) is 25.6 Å². The molecule has 0 amide bonds. The van der Waals surface area contributed by atoms with E-state index in [4.69, 9.17) is 10.3 Å². The lowest BCUT2D eigenvalue weighted by atomic mass is 10.2. The smallest absolute Gasteiger partial charge is 0.228 e. The van der Waals surface area contributed by atoms with Gasteiger partial charge in [0.25, 0.3) is 0 Å². The van der Waals surface area contributed by atoms with Crippen molar-refractivity contribution in [2.75, 3.05) is 0 Å². The van der Waals surface area contributed by atoms with Gasteiger partial charge in [-0.15, -0.1) is 0 Å². The predicted octanol–water partition coefficient (Wildman–Crippen LogP) is 0.134. The molecule has 2 aromatic heterocycles. The summed E-state index contributed by atoms with van der Waals surface area (Å²) in [5, 5.41) is 13.8. The van der Waals surface area contributed by atoms with Crippen LogP contribution < -0.4 is 5.73 Å². The molecule has 80 valence electrons. The number of hydrogen-bond acceptors (Lipinski definition) is 6. The maximum atomic E-state index is 5.77. The summed E-state index contributed by atoms with van der Waals surface area (Å²) >= 11 is 0. The van der Waals surface area contributed by atoms with Crippen LogP contribution in [0, 0.1) is 0 Å². The molecular weight excluding hydrogens is 196 g/mol. The molecule has 2 heterocycles. The van der Waals surface area contributed by atoms with E-state index >= 15 is 0 Å². The SMILES string of the molecule is CCC(N)Cc1nc(-c2cn[nH]n2)no1. The summed E-state index contributed by atoms with van der Waals surface area (Å²) in [6.45, 7) is 2.01. The number of aromatic amines is 1. The van der Waals surface area contributed by atoms with Gasteiger partial charge >= 0.3 is 0 Å². The van der Waals surface area contributed by atoms with E-state index in [0.29, 0.717) is 23.8 Å². The number of nitrogens with one attached hydrogen (secondary N) is 1. The van der Waals surface area contributed by atoms with Crippen molar-refractivity contribution in [3.05, 3.63) is 12.1 Å². The minimum Gasteiger partial charge on any atom is -0.339 e. The normalized spacial score (nSPS) is 12.9. The molecule has 0 aliphatic rings. The molecular formula is C8H12N6O. The summed E-state index contributed by atoms with van der Waals surface area (Å²) in [5.41, 5.74) is 6.34. The van der Waals surface area contributed by atoms with E-state index in [2.05, 4.69) is 25.6 Å². The summed E-state index contributed by atoms with van der Waals surface area (Å²) in [6, 6.07) is 0.0515. The van der Waals surface area contributed by atoms with E-state index in [0.717, 1.165) is 6.42 Å². The first-order valence-electron chi connectivity index (χ1n) is 4.74. The molecule has 0 aromatic carbocycles. The maximum Gasteiger partial charge on any atom is 0.228 e. The van der Waals surface area contributed by atoms with Crippen molar-refractivity contribution in [3.63, 3.8) is 0 Å². The molecule has 0 spiro atoms. The molecule has 2 aromatic rings. The van der Waals surface area contributed by atoms with Crippen LogP contribution in [-0.2, 0) is 6.42 Å². The Balaban J connectivity index is 2.11. The standard InChI is InChI=1S/C8H12N6O/c1-2-5(9)3-7-11-8(13-15-7)6-4-10-14-12-6/h4-5H,2-3,9H2,1H3,(H,10,12,14). The fourth-order valence-corrected chi connectivity index (χ4v) is 1.12. The van der Waals surface area contributed by atoms with Crippen molar-refractivity contribution in [2.24, 2.45) is 5.73 Å². The van der Waals surface area contributed by atoms with Crippen LogP contribution in [0.25, 0.3) is 11.5 Å². The van der Waals surface area contributed by atoms with Gasteiger partial charge in [-0.05, 0) is 6.42 Å². The van der Waals surface area contributed by atoms with Crippen LogP contribution in [0.4, 0.5) is 0 Å². The van der Waals surface area contributed by atoms with Gasteiger partial charge in [-0.1, -0.05) is 12.1 Å². The number of rotatable bonds is 4. The first kappa shape index (κ1) is 9.78. The van der Waals surface area contributed by atoms with Gasteiger partial charge in [0.1, 0.15) is 0 Å². The highest BCUT2D eigenvalue weighted by molar-refractivity contribution is 5.44. The van der Waals surface area contributed by atoms with Crippen LogP contribution in [0.3, 0.4) is 0 Å². The third-order valence-electron chi connectivity index (χ3n) is 2.07. The first-order valence-corrected chi connectivity index (χ1v) is 4.74. The number of H-pyrrole nitrogens is 1. The topological polar surface area (TPSA) is 107 Å². The number of nitrogens with two attached hydrogens (primary N) is 1. The zero-order valence-corrected chi connectivity index (χ0v) is 8.34. The summed E-state index contributed by atoms with van der Waals surface area (Å²) in [7, 11) is 0. The van der Waals surface area contributed by atoms with Gasteiger partial charge in [0.2, 0.25) is 11.7 Å². The third-order valence-corrected chi connectivity index (χ3v) is 2.07. The third kappa shape index (κ3) is 2.18. The lowest BCUT2D eigenvalue weighted by Gasteiger charge is -2.02. The predicted molar refractivity (Wildman–Crippen MR) is 51.6 cm³/mol. The summed E-state index contributed by atoms with van der Waals surface area (Å²) in [5.74, 6) is 0.962. The average molecular weight is 208 g/mol. The van der Waals surface area contributed by atoms with Crippen LogP contribution in [0.1, 0.15) is 19.2 Å². The minimum atomic E-state index is 0.0515. The lowest BCUT2D eigenvalue weighted by Crippen LogP contribution is -2.21. The Labute approximate surface area is 86.1 Å². The molecule has 3 N–H and O–H groups in total. The second kappa shape index (κ2) is 4.18. The maximum absolute atomic E-state index is 5.77. The molecule has 0 saturated carbocycles. The zero-order valence-electron chi connectivity index (χ0n) is 8.34. The quantitative estimate of drug-likeness (QED) is 0.739. The van der Waals surface area contributed by atoms with E-state index in [1.165, 1.54) is 6.20 Å². The molecule has 0 saturated heterocycles. The van der Waals surface area contributed by atoms with Crippen LogP contribution in [-0.4, -0.2) is 31.6 Å². The zero-order chi connectivity index (χ0) is 10.7. The van der Waals surface area contributed by atoms with Crippen molar-refractivity contribution in [1.29, 1.82) is 0 Å².